The Hall–Kier alpha value is -4.45. The summed E-state index contributed by atoms with van der Waals surface area (Å²) in [5.41, 5.74) is 0.0548. The number of amides is 3. The zero-order chi connectivity index (χ0) is 32.7. The summed E-state index contributed by atoms with van der Waals surface area (Å²) in [5, 5.41) is 15.2. The first kappa shape index (κ1) is 34.0. The summed E-state index contributed by atoms with van der Waals surface area (Å²) in [5.74, 6) is -1.32. The topological polar surface area (TPSA) is 146 Å². The number of H-pyrrole nitrogens is 1. The zero-order valence-corrected chi connectivity index (χ0v) is 26.1. The van der Waals surface area contributed by atoms with E-state index >= 15 is 0 Å². The number of benzene rings is 1. The molecule has 2 aromatic heterocycles. The van der Waals surface area contributed by atoms with Crippen molar-refractivity contribution in [2.24, 2.45) is 5.41 Å². The van der Waals surface area contributed by atoms with Crippen LogP contribution in [0.3, 0.4) is 0 Å². The molecule has 12 heteroatoms. The van der Waals surface area contributed by atoms with E-state index in [1.54, 1.807) is 38.5 Å². The van der Waals surface area contributed by atoms with Gasteiger partial charge in [-0.15, -0.1) is 0 Å². The maximum absolute atomic E-state index is 14.4. The highest BCUT2D eigenvalue weighted by Crippen LogP contribution is 2.28. The lowest BCUT2D eigenvalue weighted by Gasteiger charge is -2.32. The number of aromatic nitrogens is 2. The van der Waals surface area contributed by atoms with Gasteiger partial charge < -0.3 is 34.9 Å². The number of allylic oxidation sites excluding steroid dienone is 1. The molecule has 3 aromatic rings. The highest BCUT2D eigenvalue weighted by atomic mass is 19.1. The number of ether oxygens (including phenoxy) is 1. The molecule has 0 spiro atoms. The Morgan fingerprint density at radius 2 is 1.89 bits per heavy atom. The van der Waals surface area contributed by atoms with Gasteiger partial charge in [-0.25, -0.2) is 9.18 Å². The number of methoxy groups -OCH3 is 1. The molecule has 0 aliphatic rings. The van der Waals surface area contributed by atoms with E-state index in [9.17, 15) is 28.7 Å². The molecule has 1 aromatic carbocycles. The molecule has 44 heavy (non-hydrogen) atoms. The molecule has 238 valence electrons. The van der Waals surface area contributed by atoms with Crippen LogP contribution in [-0.4, -0.2) is 70.8 Å². The molecule has 1 atom stereocenters. The molecule has 3 amide bonds. The number of nitrogens with zero attached hydrogens (tertiary/aromatic N) is 2. The predicted octanol–water partition coefficient (Wildman–Crippen LogP) is 4.51. The van der Waals surface area contributed by atoms with Crippen molar-refractivity contribution >= 4 is 34.5 Å². The van der Waals surface area contributed by atoms with E-state index in [-0.39, 0.29) is 55.2 Å². The molecule has 1 unspecified atom stereocenters. The fraction of sp³-hybridized carbons (Fsp3) is 0.438. The summed E-state index contributed by atoms with van der Waals surface area (Å²) < 4.78 is 20.9. The lowest BCUT2D eigenvalue weighted by molar-refractivity contribution is -0.124. The van der Waals surface area contributed by atoms with Gasteiger partial charge in [-0.2, -0.15) is 0 Å². The number of aromatic amines is 1. The van der Waals surface area contributed by atoms with Crippen LogP contribution in [0.5, 0.6) is 0 Å². The molecule has 2 heterocycles. The van der Waals surface area contributed by atoms with Crippen molar-refractivity contribution in [2.45, 2.75) is 58.5 Å². The SMILES string of the molecule is COCCC(CC/C=C/C(=O)N(C)C)(NC(=O)O)C(=O)Nc1cccn(Cc2cc3cc(F)cc(CC(C)(C)C)c3[nH]2)c1=O. The second-order valence-corrected chi connectivity index (χ2v) is 12.3. The van der Waals surface area contributed by atoms with Crippen molar-refractivity contribution in [1.82, 2.24) is 19.8 Å². The quantitative estimate of drug-likeness (QED) is 0.209. The number of likely N-dealkylation sites (N-methyl/N-ethyl adjacent to an activating group) is 1. The Morgan fingerprint density at radius 1 is 1.16 bits per heavy atom. The molecule has 11 nitrogen and oxygen atoms in total. The highest BCUT2D eigenvalue weighted by molar-refractivity contribution is 5.99. The number of anilines is 1. The molecule has 0 fully saturated rings. The van der Waals surface area contributed by atoms with Crippen LogP contribution < -0.4 is 16.2 Å². The average molecular weight is 612 g/mol. The molecule has 4 N–H and O–H groups in total. The van der Waals surface area contributed by atoms with E-state index < -0.39 is 23.1 Å². The minimum atomic E-state index is -1.65. The van der Waals surface area contributed by atoms with Gasteiger partial charge in [0.25, 0.3) is 11.5 Å². The lowest BCUT2D eigenvalue weighted by Crippen LogP contribution is -2.57. The summed E-state index contributed by atoms with van der Waals surface area (Å²) >= 11 is 0. The van der Waals surface area contributed by atoms with E-state index in [2.05, 4.69) is 36.4 Å². The van der Waals surface area contributed by atoms with Gasteiger partial charge >= 0.3 is 6.09 Å². The van der Waals surface area contributed by atoms with Crippen LogP contribution in [0.25, 0.3) is 10.9 Å². The molecule has 0 aliphatic heterocycles. The number of pyridine rings is 1. The monoisotopic (exact) mass is 611 g/mol. The molecule has 3 rings (SSSR count). The fourth-order valence-corrected chi connectivity index (χ4v) is 4.99. The third-order valence-electron chi connectivity index (χ3n) is 7.11. The Labute approximate surface area is 256 Å². The van der Waals surface area contributed by atoms with Gasteiger partial charge in [-0.3, -0.25) is 14.4 Å². The van der Waals surface area contributed by atoms with Gasteiger partial charge in [0.1, 0.15) is 17.0 Å². The molecule has 0 radical (unpaired) electrons. The van der Waals surface area contributed by atoms with Crippen LogP contribution in [0.4, 0.5) is 14.9 Å². The largest absolute Gasteiger partial charge is 0.465 e. The molecular weight excluding hydrogens is 569 g/mol. The van der Waals surface area contributed by atoms with Crippen molar-refractivity contribution in [3.8, 4) is 0 Å². The Morgan fingerprint density at radius 3 is 2.52 bits per heavy atom. The Kier molecular flexibility index (Phi) is 11.1. The summed E-state index contributed by atoms with van der Waals surface area (Å²) in [6.45, 7) is 6.41. The first-order valence-electron chi connectivity index (χ1n) is 14.3. The van der Waals surface area contributed by atoms with Gasteiger partial charge in [-0.05, 0) is 66.6 Å². The van der Waals surface area contributed by atoms with Gasteiger partial charge in [0.05, 0.1) is 6.54 Å². The summed E-state index contributed by atoms with van der Waals surface area (Å²) in [6, 6.07) is 7.80. The predicted molar refractivity (Wildman–Crippen MR) is 167 cm³/mol. The van der Waals surface area contributed by atoms with E-state index in [0.717, 1.165) is 11.1 Å². The van der Waals surface area contributed by atoms with E-state index in [0.29, 0.717) is 17.5 Å². The maximum atomic E-state index is 14.4. The van der Waals surface area contributed by atoms with Gasteiger partial charge in [-0.1, -0.05) is 26.8 Å². The van der Waals surface area contributed by atoms with E-state index in [1.807, 2.05) is 0 Å². The smallest absolute Gasteiger partial charge is 0.405 e. The number of carboxylic acid groups (broad SMARTS) is 1. The second-order valence-electron chi connectivity index (χ2n) is 12.3. The first-order valence-corrected chi connectivity index (χ1v) is 14.3. The van der Waals surface area contributed by atoms with E-state index in [4.69, 9.17) is 4.74 Å². The van der Waals surface area contributed by atoms with Crippen LogP contribution in [0.2, 0.25) is 0 Å². The van der Waals surface area contributed by atoms with Crippen LogP contribution in [0, 0.1) is 11.2 Å². The minimum Gasteiger partial charge on any atom is -0.465 e. The summed E-state index contributed by atoms with van der Waals surface area (Å²) in [6.07, 6.45) is 3.91. The standard InChI is InChI=1S/C32H42FN5O6/c1-31(2,3)19-22-17-23(33)16-21-18-24(34-27(21)22)20-38-14-9-10-25(28(38)40)35-29(41)32(13-15-44-6,36-30(42)43)12-8-7-11-26(39)37(4)5/h7,9-11,14,16-18,34,36H,8,12-13,15,19-20H2,1-6H3,(H,35,41)(H,42,43)/b11-7+. The number of rotatable bonds is 13. The van der Waals surface area contributed by atoms with Crippen molar-refractivity contribution in [3.05, 3.63) is 76.1 Å². The molecule has 0 aliphatic carbocycles. The first-order chi connectivity index (χ1) is 20.6. The summed E-state index contributed by atoms with van der Waals surface area (Å²) in [4.78, 5) is 55.5. The van der Waals surface area contributed by atoms with Crippen molar-refractivity contribution < 1.29 is 28.6 Å². The lowest BCUT2D eigenvalue weighted by atomic mass is 9.87. The van der Waals surface area contributed by atoms with E-state index in [1.165, 1.54) is 40.9 Å². The molecular formula is C32H42FN5O6. The normalized spacial score (nSPS) is 13.2. The molecule has 0 bridgehead atoms. The number of hydrogen-bond acceptors (Lipinski definition) is 5. The minimum absolute atomic E-state index is 0.00918. The second kappa shape index (κ2) is 14.3. The zero-order valence-electron chi connectivity index (χ0n) is 26.1. The van der Waals surface area contributed by atoms with Crippen LogP contribution in [0.1, 0.15) is 51.3 Å². The van der Waals surface area contributed by atoms with Crippen molar-refractivity contribution in [2.75, 3.05) is 33.1 Å². The number of halogens is 1. The average Bonchev–Trinajstić information content (AvgIpc) is 3.32. The van der Waals surface area contributed by atoms with Gasteiger partial charge in [0.15, 0.2) is 0 Å². The van der Waals surface area contributed by atoms with Crippen molar-refractivity contribution in [1.29, 1.82) is 0 Å². The van der Waals surface area contributed by atoms with Crippen LogP contribution in [-0.2, 0) is 27.3 Å². The van der Waals surface area contributed by atoms with Crippen LogP contribution >= 0.6 is 0 Å². The number of carbonyl (C=O) groups excluding carboxylic acids is 2. The van der Waals surface area contributed by atoms with Crippen molar-refractivity contribution in [3.63, 3.8) is 0 Å². The number of fused-ring (bicyclic) bond motifs is 1. The molecule has 0 saturated heterocycles. The number of carbonyl (C=O) groups is 3. The Bertz CT molecular complexity index is 1590. The third kappa shape index (κ3) is 9.03. The Balaban J connectivity index is 1.89. The fourth-order valence-electron chi connectivity index (χ4n) is 4.99. The maximum Gasteiger partial charge on any atom is 0.405 e. The highest BCUT2D eigenvalue weighted by Gasteiger charge is 2.39. The third-order valence-corrected chi connectivity index (χ3v) is 7.11. The molecule has 0 saturated carbocycles. The number of nitrogens with one attached hydrogen (secondary N) is 3. The van der Waals surface area contributed by atoms with Crippen LogP contribution in [0.15, 0.2) is 53.5 Å². The number of hydrogen-bond donors (Lipinski definition) is 4. The van der Waals surface area contributed by atoms with Gasteiger partial charge in [0.2, 0.25) is 5.91 Å². The summed E-state index contributed by atoms with van der Waals surface area (Å²) in [7, 11) is 4.63. The van der Waals surface area contributed by atoms with Gasteiger partial charge in [0, 0.05) is 57.0 Å².